The summed E-state index contributed by atoms with van der Waals surface area (Å²) in [5.74, 6) is 1.67. The van der Waals surface area contributed by atoms with Gasteiger partial charge in [-0.2, -0.15) is 0 Å². The second-order valence-corrected chi connectivity index (χ2v) is 10.6. The third kappa shape index (κ3) is 5.62. The van der Waals surface area contributed by atoms with Gasteiger partial charge in [0.1, 0.15) is 6.61 Å². The Balaban J connectivity index is 1.20. The molecule has 194 valence electrons. The van der Waals surface area contributed by atoms with E-state index in [0.717, 1.165) is 34.4 Å². The fraction of sp³-hybridized carbons (Fsp3) is 0.433. The molecule has 37 heavy (non-hydrogen) atoms. The lowest BCUT2D eigenvalue weighted by Crippen LogP contribution is -2.22. The number of pyridine rings is 2. The van der Waals surface area contributed by atoms with Gasteiger partial charge in [-0.1, -0.05) is 18.2 Å². The second-order valence-electron chi connectivity index (χ2n) is 10.6. The van der Waals surface area contributed by atoms with Crippen LogP contribution >= 0.6 is 0 Å². The van der Waals surface area contributed by atoms with Crippen molar-refractivity contribution >= 4 is 5.97 Å². The summed E-state index contributed by atoms with van der Waals surface area (Å²) in [6, 6.07) is 14.1. The zero-order chi connectivity index (χ0) is 26.2. The van der Waals surface area contributed by atoms with Crippen LogP contribution in [-0.4, -0.2) is 39.9 Å². The number of benzene rings is 1. The standard InChI is InChI=1S/C30H34N2O5/c1-5-35-29(33)28-23-14-21-15-26(31-16-24(21)27(23)28)37-17-19-7-6-8-20(13-19)22-9-10-25(32-18(22)2)36-12-11-30(3,4)34/h6-10,13,15-16,23,27-28,34H,5,11-12,14,17H2,1-4H3. The number of carbonyl (C=O) groups is 1. The predicted octanol–water partition coefficient (Wildman–Crippen LogP) is 5.02. The molecule has 0 spiro atoms. The first-order chi connectivity index (χ1) is 17.7. The zero-order valence-electron chi connectivity index (χ0n) is 21.9. The lowest BCUT2D eigenvalue weighted by Gasteiger charge is -2.17. The number of aryl methyl sites for hydroxylation is 1. The van der Waals surface area contributed by atoms with Crippen LogP contribution in [0.3, 0.4) is 0 Å². The molecule has 7 heteroatoms. The molecule has 0 amide bonds. The Morgan fingerprint density at radius 2 is 1.97 bits per heavy atom. The average molecular weight is 503 g/mol. The van der Waals surface area contributed by atoms with Crippen LogP contribution in [0.2, 0.25) is 0 Å². The number of hydrogen-bond donors (Lipinski definition) is 1. The van der Waals surface area contributed by atoms with Gasteiger partial charge < -0.3 is 19.3 Å². The summed E-state index contributed by atoms with van der Waals surface area (Å²) in [7, 11) is 0. The van der Waals surface area contributed by atoms with E-state index in [9.17, 15) is 9.90 Å². The van der Waals surface area contributed by atoms with E-state index in [0.29, 0.717) is 43.9 Å². The quantitative estimate of drug-likeness (QED) is 0.389. The summed E-state index contributed by atoms with van der Waals surface area (Å²) >= 11 is 0. The Morgan fingerprint density at radius 3 is 2.73 bits per heavy atom. The van der Waals surface area contributed by atoms with Gasteiger partial charge in [0, 0.05) is 41.9 Å². The molecule has 2 aromatic heterocycles. The second kappa shape index (κ2) is 10.1. The Kier molecular flexibility index (Phi) is 6.90. The SMILES string of the molecule is CCOC(=O)C1C2Cc3cc(OCc4cccc(-c5ccc(OCCC(C)(C)O)nc5C)c4)ncc3C21. The van der Waals surface area contributed by atoms with Crippen LogP contribution in [0.1, 0.15) is 55.5 Å². The van der Waals surface area contributed by atoms with Crippen molar-refractivity contribution in [3.63, 3.8) is 0 Å². The Hall–Kier alpha value is -3.45. The van der Waals surface area contributed by atoms with Gasteiger partial charge in [0.25, 0.3) is 0 Å². The van der Waals surface area contributed by atoms with Gasteiger partial charge in [-0.05, 0) is 74.4 Å². The van der Waals surface area contributed by atoms with Gasteiger partial charge in [-0.25, -0.2) is 9.97 Å². The molecule has 7 nitrogen and oxygen atoms in total. The lowest BCUT2D eigenvalue weighted by molar-refractivity contribution is -0.145. The van der Waals surface area contributed by atoms with Crippen molar-refractivity contribution in [2.75, 3.05) is 13.2 Å². The van der Waals surface area contributed by atoms with Crippen molar-refractivity contribution in [1.82, 2.24) is 9.97 Å². The van der Waals surface area contributed by atoms with Crippen LogP contribution in [0.5, 0.6) is 11.8 Å². The Morgan fingerprint density at radius 1 is 1.14 bits per heavy atom. The number of rotatable bonds is 10. The Labute approximate surface area is 217 Å². The fourth-order valence-electron chi connectivity index (χ4n) is 5.22. The molecule has 1 saturated carbocycles. The first kappa shape index (κ1) is 25.2. The van der Waals surface area contributed by atoms with E-state index in [1.54, 1.807) is 13.8 Å². The normalized spacial score (nSPS) is 19.6. The molecule has 3 unspecified atom stereocenters. The van der Waals surface area contributed by atoms with Gasteiger partial charge >= 0.3 is 5.97 Å². The van der Waals surface area contributed by atoms with Crippen molar-refractivity contribution in [2.24, 2.45) is 11.8 Å². The monoisotopic (exact) mass is 502 g/mol. The van der Waals surface area contributed by atoms with Crippen LogP contribution in [0.4, 0.5) is 0 Å². The molecule has 3 atom stereocenters. The molecule has 0 aliphatic heterocycles. The maximum absolute atomic E-state index is 12.1. The first-order valence-corrected chi connectivity index (χ1v) is 12.9. The molecule has 2 heterocycles. The highest BCUT2D eigenvalue weighted by molar-refractivity contribution is 5.79. The van der Waals surface area contributed by atoms with E-state index < -0.39 is 5.60 Å². The number of hydrogen-bond acceptors (Lipinski definition) is 7. The molecular weight excluding hydrogens is 468 g/mol. The highest BCUT2D eigenvalue weighted by Crippen LogP contribution is 2.61. The maximum atomic E-state index is 12.1. The zero-order valence-corrected chi connectivity index (χ0v) is 21.9. The molecule has 1 N–H and O–H groups in total. The highest BCUT2D eigenvalue weighted by atomic mass is 16.5. The van der Waals surface area contributed by atoms with Crippen LogP contribution in [0, 0.1) is 18.8 Å². The maximum Gasteiger partial charge on any atom is 0.309 e. The first-order valence-electron chi connectivity index (χ1n) is 12.9. The molecule has 2 aliphatic rings. The summed E-state index contributed by atoms with van der Waals surface area (Å²) in [5, 5.41) is 9.85. The molecule has 0 radical (unpaired) electrons. The van der Waals surface area contributed by atoms with E-state index in [2.05, 4.69) is 22.1 Å². The molecular formula is C30H34N2O5. The lowest BCUT2D eigenvalue weighted by atomic mass is 10.0. The molecule has 1 aromatic carbocycles. The Bertz CT molecular complexity index is 1300. The predicted molar refractivity (Wildman–Crippen MR) is 139 cm³/mol. The minimum Gasteiger partial charge on any atom is -0.478 e. The minimum absolute atomic E-state index is 0.00461. The number of carbonyl (C=O) groups excluding carboxylic acids is 1. The number of nitrogens with zero attached hydrogens (tertiary/aromatic N) is 2. The molecule has 2 aliphatic carbocycles. The largest absolute Gasteiger partial charge is 0.478 e. The average Bonchev–Trinajstić information content (AvgIpc) is 3.44. The molecule has 1 fully saturated rings. The van der Waals surface area contributed by atoms with Crippen LogP contribution in [0.15, 0.2) is 48.7 Å². The third-order valence-electron chi connectivity index (χ3n) is 7.19. The highest BCUT2D eigenvalue weighted by Gasteiger charge is 2.60. The number of aromatic nitrogens is 2. The van der Waals surface area contributed by atoms with Crippen molar-refractivity contribution in [1.29, 1.82) is 0 Å². The van der Waals surface area contributed by atoms with E-state index in [1.165, 1.54) is 5.56 Å². The van der Waals surface area contributed by atoms with Gasteiger partial charge in [-0.15, -0.1) is 0 Å². The van der Waals surface area contributed by atoms with Crippen molar-refractivity contribution < 1.29 is 24.1 Å². The van der Waals surface area contributed by atoms with Gasteiger partial charge in [0.05, 0.1) is 24.7 Å². The summed E-state index contributed by atoms with van der Waals surface area (Å²) < 4.78 is 17.0. The number of ether oxygens (including phenoxy) is 3. The molecule has 3 aromatic rings. The van der Waals surface area contributed by atoms with Gasteiger partial charge in [-0.3, -0.25) is 4.79 Å². The fourth-order valence-corrected chi connectivity index (χ4v) is 5.22. The van der Waals surface area contributed by atoms with Crippen LogP contribution in [-0.2, 0) is 22.6 Å². The molecule has 0 bridgehead atoms. The van der Waals surface area contributed by atoms with Crippen LogP contribution in [0.25, 0.3) is 11.1 Å². The summed E-state index contributed by atoms with van der Waals surface area (Å²) in [4.78, 5) is 21.2. The minimum atomic E-state index is -0.764. The van der Waals surface area contributed by atoms with E-state index in [4.69, 9.17) is 14.2 Å². The van der Waals surface area contributed by atoms with Crippen molar-refractivity contribution in [2.45, 2.75) is 58.7 Å². The number of aliphatic hydroxyl groups is 1. The van der Waals surface area contributed by atoms with Crippen molar-refractivity contribution in [3.05, 3.63) is 71.0 Å². The molecule has 0 saturated heterocycles. The van der Waals surface area contributed by atoms with Crippen molar-refractivity contribution in [3.8, 4) is 22.9 Å². The number of esters is 1. The number of fused-ring (bicyclic) bond motifs is 3. The summed E-state index contributed by atoms with van der Waals surface area (Å²) in [5.41, 5.74) is 5.62. The third-order valence-corrected chi connectivity index (χ3v) is 7.19. The van der Waals surface area contributed by atoms with E-state index >= 15 is 0 Å². The topological polar surface area (TPSA) is 90.8 Å². The summed E-state index contributed by atoms with van der Waals surface area (Å²) in [6.45, 7) is 8.58. The summed E-state index contributed by atoms with van der Waals surface area (Å²) in [6.07, 6.45) is 3.28. The van der Waals surface area contributed by atoms with Gasteiger partial charge in [0.15, 0.2) is 0 Å². The van der Waals surface area contributed by atoms with Gasteiger partial charge in [0.2, 0.25) is 11.8 Å². The molecule has 5 rings (SSSR count). The van der Waals surface area contributed by atoms with E-state index in [1.807, 2.05) is 50.4 Å². The van der Waals surface area contributed by atoms with Crippen LogP contribution < -0.4 is 9.47 Å². The van der Waals surface area contributed by atoms with E-state index in [-0.39, 0.29) is 17.8 Å². The smallest absolute Gasteiger partial charge is 0.309 e.